The maximum atomic E-state index is 11.9. The van der Waals surface area contributed by atoms with Crippen LogP contribution in [0.3, 0.4) is 0 Å². The van der Waals surface area contributed by atoms with Gasteiger partial charge in [0.25, 0.3) is 5.91 Å². The van der Waals surface area contributed by atoms with E-state index >= 15 is 0 Å². The first-order valence-corrected chi connectivity index (χ1v) is 6.79. The van der Waals surface area contributed by atoms with E-state index in [1.807, 2.05) is 0 Å². The number of nitrogens with one attached hydrogen (secondary N) is 1. The van der Waals surface area contributed by atoms with Gasteiger partial charge in [-0.05, 0) is 5.10 Å². The van der Waals surface area contributed by atoms with Crippen molar-refractivity contribution in [2.24, 2.45) is 0 Å². The van der Waals surface area contributed by atoms with Gasteiger partial charge in [-0.3, -0.25) is 4.79 Å². The van der Waals surface area contributed by atoms with Crippen LogP contribution < -0.4 is 10.00 Å². The molecule has 1 N–H and O–H groups in total. The van der Waals surface area contributed by atoms with E-state index in [4.69, 9.17) is 0 Å². The summed E-state index contributed by atoms with van der Waals surface area (Å²) in [5.74, 6) is -1.64. The molecule has 0 radical (unpaired) electrons. The summed E-state index contributed by atoms with van der Waals surface area (Å²) in [5, 5.41) is 5.27. The molecule has 0 aliphatic rings. The van der Waals surface area contributed by atoms with Crippen LogP contribution >= 0.6 is 0 Å². The van der Waals surface area contributed by atoms with Crippen LogP contribution in [0.25, 0.3) is 0 Å². The second-order valence-electron chi connectivity index (χ2n) is 3.74. The van der Waals surface area contributed by atoms with Crippen molar-refractivity contribution in [3.05, 3.63) is 24.0 Å². The van der Waals surface area contributed by atoms with Crippen molar-refractivity contribution in [1.29, 1.82) is 0 Å². The largest absolute Gasteiger partial charge is 0.748 e. The Bertz CT molecular complexity index is 571. The predicted octanol–water partition coefficient (Wildman–Crippen LogP) is -0.794. The number of amides is 1. The number of alkyl halides is 3. The number of nitrogens with zero attached hydrogens (tertiary/aromatic N) is 2. The summed E-state index contributed by atoms with van der Waals surface area (Å²) in [6.45, 7) is -1.68. The van der Waals surface area contributed by atoms with E-state index in [1.54, 1.807) is 5.32 Å². The highest BCUT2D eigenvalue weighted by Crippen LogP contribution is 2.12. The molecular weight excluding hydrogens is 303 g/mol. The fourth-order valence-corrected chi connectivity index (χ4v) is 1.55. The summed E-state index contributed by atoms with van der Waals surface area (Å²) < 4.78 is 67.9. The van der Waals surface area contributed by atoms with Gasteiger partial charge in [0.15, 0.2) is 12.7 Å². The molecule has 0 bridgehead atoms. The number of halogens is 3. The molecule has 0 aliphatic carbocycles. The van der Waals surface area contributed by atoms with E-state index in [9.17, 15) is 30.9 Å². The van der Waals surface area contributed by atoms with Crippen LogP contribution in [0.2, 0.25) is 0 Å². The van der Waals surface area contributed by atoms with Crippen LogP contribution in [0.1, 0.15) is 10.4 Å². The molecule has 0 spiro atoms. The molecule has 11 heteroatoms. The van der Waals surface area contributed by atoms with E-state index in [0.717, 1.165) is 16.9 Å². The molecule has 112 valence electrons. The molecule has 0 fully saturated rings. The van der Waals surface area contributed by atoms with Gasteiger partial charge in [-0.1, -0.05) is 4.68 Å². The summed E-state index contributed by atoms with van der Waals surface area (Å²) >= 11 is 0. The molecule has 1 aromatic heterocycles. The summed E-state index contributed by atoms with van der Waals surface area (Å²) in [7, 11) is -4.39. The monoisotopic (exact) mass is 313 g/mol. The van der Waals surface area contributed by atoms with Crippen LogP contribution in [-0.4, -0.2) is 42.5 Å². The number of aromatic nitrogens is 2. The molecule has 1 aromatic rings. The average molecular weight is 313 g/mol. The average Bonchev–Trinajstić information content (AvgIpc) is 2.32. The molecule has 0 aromatic carbocycles. The van der Waals surface area contributed by atoms with Crippen molar-refractivity contribution in [3.8, 4) is 0 Å². The van der Waals surface area contributed by atoms with Crippen LogP contribution in [0.4, 0.5) is 13.2 Å². The Morgan fingerprint density at radius 2 is 2.10 bits per heavy atom. The lowest BCUT2D eigenvalue weighted by molar-refractivity contribution is -0.750. The lowest BCUT2D eigenvalue weighted by Crippen LogP contribution is -2.41. The van der Waals surface area contributed by atoms with Gasteiger partial charge in [-0.25, -0.2) is 8.42 Å². The topological polar surface area (TPSA) is 103 Å². The van der Waals surface area contributed by atoms with E-state index in [2.05, 4.69) is 5.10 Å². The van der Waals surface area contributed by atoms with Crippen LogP contribution in [-0.2, 0) is 16.7 Å². The first-order chi connectivity index (χ1) is 9.07. The highest BCUT2D eigenvalue weighted by Gasteiger charge is 2.28. The predicted molar refractivity (Wildman–Crippen MR) is 57.4 cm³/mol. The molecule has 0 unspecified atom stereocenters. The summed E-state index contributed by atoms with van der Waals surface area (Å²) in [5.41, 5.74) is -0.115. The van der Waals surface area contributed by atoms with Crippen LogP contribution in [0, 0.1) is 0 Å². The lowest BCUT2D eigenvalue weighted by Gasteiger charge is -2.07. The summed E-state index contributed by atoms with van der Waals surface area (Å²) in [6, 6.07) is 1.16. The van der Waals surface area contributed by atoms with E-state index in [0.29, 0.717) is 0 Å². The first kappa shape index (κ1) is 16.3. The van der Waals surface area contributed by atoms with E-state index < -0.39 is 34.5 Å². The smallest absolute Gasteiger partial charge is 0.405 e. The van der Waals surface area contributed by atoms with Crippen molar-refractivity contribution in [2.75, 3.05) is 12.3 Å². The maximum Gasteiger partial charge on any atom is 0.405 e. The quantitative estimate of drug-likeness (QED) is 0.566. The lowest BCUT2D eigenvalue weighted by atomic mass is 10.3. The number of aryl methyl sites for hydroxylation is 1. The van der Waals surface area contributed by atoms with E-state index in [1.165, 1.54) is 6.20 Å². The van der Waals surface area contributed by atoms with Crippen molar-refractivity contribution in [1.82, 2.24) is 10.4 Å². The van der Waals surface area contributed by atoms with Gasteiger partial charge in [0.2, 0.25) is 0 Å². The van der Waals surface area contributed by atoms with Gasteiger partial charge >= 0.3 is 6.18 Å². The molecule has 1 amide bonds. The number of hydrogen-bond acceptors (Lipinski definition) is 5. The standard InChI is InChI=1S/C9H10F3N3O4S/c10-9(11,12)6-13-8(16)7-1-2-15(14-5-7)3-4-20(17,18)19/h1-2,5H,3-4,6H2,(H-,13,16,17,18,19). The molecule has 20 heavy (non-hydrogen) atoms. The third-order valence-corrected chi connectivity index (χ3v) is 2.74. The Morgan fingerprint density at radius 1 is 1.45 bits per heavy atom. The maximum absolute atomic E-state index is 11.9. The molecule has 1 heterocycles. The minimum Gasteiger partial charge on any atom is -0.748 e. The van der Waals surface area contributed by atoms with Crippen molar-refractivity contribution in [3.63, 3.8) is 0 Å². The molecule has 1 rings (SSSR count). The highest BCUT2D eigenvalue weighted by atomic mass is 32.2. The number of rotatable bonds is 5. The minimum atomic E-state index is -4.51. The Morgan fingerprint density at radius 3 is 2.55 bits per heavy atom. The zero-order chi connectivity index (χ0) is 15.4. The third-order valence-electron chi connectivity index (χ3n) is 2.05. The number of carbonyl (C=O) groups excluding carboxylic acids is 1. The Kier molecular flexibility index (Phi) is 5.00. The fourth-order valence-electron chi connectivity index (χ4n) is 1.14. The Balaban J connectivity index is 2.60. The molecule has 0 atom stereocenters. The zero-order valence-electron chi connectivity index (χ0n) is 9.92. The van der Waals surface area contributed by atoms with Gasteiger partial charge in [-0.15, -0.1) is 0 Å². The minimum absolute atomic E-state index is 0.115. The number of hydrogen-bond donors (Lipinski definition) is 1. The van der Waals surface area contributed by atoms with E-state index in [-0.39, 0.29) is 12.1 Å². The fraction of sp³-hybridized carbons (Fsp3) is 0.444. The van der Waals surface area contributed by atoms with Gasteiger partial charge in [-0.2, -0.15) is 13.2 Å². The van der Waals surface area contributed by atoms with Crippen molar-refractivity contribution in [2.45, 2.75) is 12.7 Å². The Hall–Kier alpha value is -1.75. The molecular formula is C9H10F3N3O4S. The van der Waals surface area contributed by atoms with Crippen molar-refractivity contribution >= 4 is 16.0 Å². The summed E-state index contributed by atoms with van der Waals surface area (Å²) in [4.78, 5) is 11.3. The highest BCUT2D eigenvalue weighted by molar-refractivity contribution is 7.85. The first-order valence-electron chi connectivity index (χ1n) is 5.21. The SMILES string of the molecule is O=C(NCC(F)(F)F)c1cc[n+](CCS(=O)(=O)[O-])nc1. The van der Waals surface area contributed by atoms with Gasteiger partial charge in [0.1, 0.15) is 22.9 Å². The van der Waals surface area contributed by atoms with Gasteiger partial charge in [0.05, 0.1) is 11.3 Å². The van der Waals surface area contributed by atoms with Gasteiger partial charge in [0, 0.05) is 6.07 Å². The second-order valence-corrected chi connectivity index (χ2v) is 5.26. The van der Waals surface area contributed by atoms with Crippen LogP contribution in [0.5, 0.6) is 0 Å². The Labute approximate surface area is 112 Å². The summed E-state index contributed by atoms with van der Waals surface area (Å²) in [6.07, 6.45) is -2.35. The van der Waals surface area contributed by atoms with Crippen LogP contribution in [0.15, 0.2) is 18.5 Å². The number of carbonyl (C=O) groups is 1. The third kappa shape index (κ3) is 6.43. The van der Waals surface area contributed by atoms with Gasteiger partial charge < -0.3 is 9.87 Å². The van der Waals surface area contributed by atoms with Crippen molar-refractivity contribution < 1.29 is 35.6 Å². The normalized spacial score (nSPS) is 12.2. The zero-order valence-corrected chi connectivity index (χ0v) is 10.7. The molecule has 0 saturated carbocycles. The molecule has 0 aliphatic heterocycles. The second kappa shape index (κ2) is 6.13. The molecule has 0 saturated heterocycles. The molecule has 7 nitrogen and oxygen atoms in total.